The minimum atomic E-state index is -1.01. The van der Waals surface area contributed by atoms with Crippen molar-refractivity contribution in [1.29, 1.82) is 0 Å². The van der Waals surface area contributed by atoms with E-state index in [9.17, 15) is 9.59 Å². The number of nitrogens with two attached hydrogens (primary N) is 1. The van der Waals surface area contributed by atoms with E-state index in [1.54, 1.807) is 6.21 Å². The molecule has 0 aromatic carbocycles. The average Bonchev–Trinajstić information content (AvgIpc) is 2.78. The Morgan fingerprint density at radius 2 is 2.20 bits per heavy atom. The Labute approximate surface area is 87.4 Å². The molecule has 5 heteroatoms. The summed E-state index contributed by atoms with van der Waals surface area (Å²) < 4.78 is 0. The summed E-state index contributed by atoms with van der Waals surface area (Å²) in [5.74, 6) is -0.291. The lowest BCUT2D eigenvalue weighted by Gasteiger charge is -2.11. The molecule has 1 saturated carbocycles. The number of carbonyl (C=O) groups excluding carboxylic acids is 2. The Bertz CT molecular complexity index is 349. The fourth-order valence-corrected chi connectivity index (χ4v) is 2.24. The first-order valence-corrected chi connectivity index (χ1v) is 4.98. The molecule has 2 aliphatic carbocycles. The lowest BCUT2D eigenvalue weighted by molar-refractivity contribution is -0.137. The topological polar surface area (TPSA) is 84.5 Å². The van der Waals surface area contributed by atoms with E-state index in [2.05, 4.69) is 22.7 Å². The highest BCUT2D eigenvalue weighted by Gasteiger charge is 2.34. The Balaban J connectivity index is 1.83. The van der Waals surface area contributed by atoms with Gasteiger partial charge in [0.1, 0.15) is 0 Å². The fourth-order valence-electron chi connectivity index (χ4n) is 2.24. The van der Waals surface area contributed by atoms with Crippen molar-refractivity contribution in [1.82, 2.24) is 5.43 Å². The average molecular weight is 207 g/mol. The SMILES string of the molecule is NC(=O)C(=O)N/N=C\[C@H]1C[C@@H]2C=C[C@@H]1C2. The van der Waals surface area contributed by atoms with Crippen LogP contribution in [0, 0.1) is 17.8 Å². The van der Waals surface area contributed by atoms with Gasteiger partial charge in [0.15, 0.2) is 0 Å². The number of allylic oxidation sites excluding steroid dienone is 2. The van der Waals surface area contributed by atoms with Crippen molar-refractivity contribution in [2.24, 2.45) is 28.6 Å². The van der Waals surface area contributed by atoms with E-state index in [1.165, 1.54) is 6.42 Å². The Morgan fingerprint density at radius 1 is 1.40 bits per heavy atom. The molecule has 2 bridgehead atoms. The molecular formula is C10H13N3O2. The minimum Gasteiger partial charge on any atom is -0.361 e. The largest absolute Gasteiger partial charge is 0.361 e. The molecule has 0 unspecified atom stereocenters. The second-order valence-electron chi connectivity index (χ2n) is 4.03. The van der Waals surface area contributed by atoms with Gasteiger partial charge in [-0.25, -0.2) is 5.43 Å². The third kappa shape index (κ3) is 2.06. The first kappa shape index (κ1) is 9.89. The number of hydrogen-bond acceptors (Lipinski definition) is 3. The number of rotatable bonds is 2. The number of amides is 2. The molecule has 0 saturated heterocycles. The summed E-state index contributed by atoms with van der Waals surface area (Å²) in [5.41, 5.74) is 6.86. The second-order valence-corrected chi connectivity index (χ2v) is 4.03. The summed E-state index contributed by atoms with van der Waals surface area (Å²) in [7, 11) is 0. The van der Waals surface area contributed by atoms with Gasteiger partial charge in [0, 0.05) is 12.1 Å². The van der Waals surface area contributed by atoms with E-state index in [-0.39, 0.29) is 0 Å². The zero-order valence-corrected chi connectivity index (χ0v) is 8.22. The highest BCUT2D eigenvalue weighted by molar-refractivity contribution is 6.34. The number of fused-ring (bicyclic) bond motifs is 2. The predicted octanol–water partition coefficient (Wildman–Crippen LogP) is -0.214. The smallest absolute Gasteiger partial charge is 0.329 e. The molecule has 0 aromatic heterocycles. The van der Waals surface area contributed by atoms with Gasteiger partial charge in [-0.1, -0.05) is 12.2 Å². The summed E-state index contributed by atoms with van der Waals surface area (Å²) in [4.78, 5) is 21.1. The third-order valence-electron chi connectivity index (χ3n) is 2.99. The van der Waals surface area contributed by atoms with E-state index in [0.29, 0.717) is 17.8 Å². The number of nitrogens with zero attached hydrogens (tertiary/aromatic N) is 1. The molecule has 2 rings (SSSR count). The van der Waals surface area contributed by atoms with Crippen molar-refractivity contribution in [2.75, 3.05) is 0 Å². The van der Waals surface area contributed by atoms with Crippen LogP contribution in [0.25, 0.3) is 0 Å². The Kier molecular flexibility index (Phi) is 2.53. The highest BCUT2D eigenvalue weighted by Crippen LogP contribution is 2.42. The first-order valence-electron chi connectivity index (χ1n) is 4.98. The van der Waals surface area contributed by atoms with E-state index in [0.717, 1.165) is 6.42 Å². The predicted molar refractivity (Wildman–Crippen MR) is 54.7 cm³/mol. The van der Waals surface area contributed by atoms with Crippen molar-refractivity contribution in [2.45, 2.75) is 12.8 Å². The standard InChI is InChI=1S/C10H13N3O2/c11-9(14)10(15)13-12-5-8-4-6-1-2-7(8)3-6/h1-2,5-8H,3-4H2,(H2,11,14)(H,13,15)/b12-5-/t6-,7-,8-/m1/s1. The molecule has 3 N–H and O–H groups in total. The van der Waals surface area contributed by atoms with Crippen LogP contribution in [0.1, 0.15) is 12.8 Å². The van der Waals surface area contributed by atoms with Gasteiger partial charge in [0.2, 0.25) is 0 Å². The molecule has 0 spiro atoms. The first-order chi connectivity index (χ1) is 7.16. The molecule has 2 aliphatic rings. The number of primary amides is 1. The van der Waals surface area contributed by atoms with Crippen LogP contribution in [0.2, 0.25) is 0 Å². The molecule has 2 amide bonds. The van der Waals surface area contributed by atoms with Crippen LogP contribution in [-0.2, 0) is 9.59 Å². The minimum absolute atomic E-state index is 0.383. The molecule has 15 heavy (non-hydrogen) atoms. The lowest BCUT2D eigenvalue weighted by atomic mass is 9.95. The number of carbonyl (C=O) groups is 2. The monoisotopic (exact) mass is 207 g/mol. The van der Waals surface area contributed by atoms with Crippen LogP contribution in [0.5, 0.6) is 0 Å². The van der Waals surface area contributed by atoms with Crippen molar-refractivity contribution in [3.63, 3.8) is 0 Å². The molecule has 80 valence electrons. The molecule has 0 radical (unpaired) electrons. The van der Waals surface area contributed by atoms with Crippen molar-refractivity contribution >= 4 is 18.0 Å². The normalized spacial score (nSPS) is 32.4. The van der Waals surface area contributed by atoms with Crippen molar-refractivity contribution in [3.8, 4) is 0 Å². The van der Waals surface area contributed by atoms with Gasteiger partial charge in [0.05, 0.1) is 0 Å². The quantitative estimate of drug-likeness (QED) is 0.284. The van der Waals surface area contributed by atoms with E-state index >= 15 is 0 Å². The summed E-state index contributed by atoms with van der Waals surface area (Å²) in [6, 6.07) is 0. The van der Waals surface area contributed by atoms with Crippen molar-refractivity contribution < 1.29 is 9.59 Å². The number of hydrogen-bond donors (Lipinski definition) is 2. The van der Waals surface area contributed by atoms with Crippen LogP contribution >= 0.6 is 0 Å². The van der Waals surface area contributed by atoms with Gasteiger partial charge >= 0.3 is 11.8 Å². The summed E-state index contributed by atoms with van der Waals surface area (Å²) >= 11 is 0. The lowest BCUT2D eigenvalue weighted by Crippen LogP contribution is -2.33. The maximum atomic E-state index is 10.8. The molecule has 1 fully saturated rings. The Morgan fingerprint density at radius 3 is 2.73 bits per heavy atom. The van der Waals surface area contributed by atoms with Gasteiger partial charge in [-0.05, 0) is 24.7 Å². The van der Waals surface area contributed by atoms with Gasteiger partial charge < -0.3 is 5.73 Å². The summed E-state index contributed by atoms with van der Waals surface area (Å²) in [5, 5.41) is 3.73. The molecule has 0 aromatic rings. The summed E-state index contributed by atoms with van der Waals surface area (Å²) in [6.07, 6.45) is 8.39. The molecule has 0 aliphatic heterocycles. The van der Waals surface area contributed by atoms with Gasteiger partial charge in [-0.2, -0.15) is 5.10 Å². The number of hydrazone groups is 1. The van der Waals surface area contributed by atoms with E-state index < -0.39 is 11.8 Å². The zero-order chi connectivity index (χ0) is 10.8. The maximum Gasteiger partial charge on any atom is 0.329 e. The second kappa shape index (κ2) is 3.84. The van der Waals surface area contributed by atoms with E-state index in [4.69, 9.17) is 5.73 Å². The number of nitrogens with one attached hydrogen (secondary N) is 1. The summed E-state index contributed by atoms with van der Waals surface area (Å²) in [6.45, 7) is 0. The van der Waals surface area contributed by atoms with Crippen LogP contribution in [0.15, 0.2) is 17.3 Å². The van der Waals surface area contributed by atoms with Crippen LogP contribution in [0.4, 0.5) is 0 Å². The van der Waals surface area contributed by atoms with Crippen molar-refractivity contribution in [3.05, 3.63) is 12.2 Å². The Hall–Kier alpha value is -1.65. The van der Waals surface area contributed by atoms with Crippen LogP contribution < -0.4 is 11.2 Å². The fraction of sp³-hybridized carbons (Fsp3) is 0.500. The molecule has 0 heterocycles. The van der Waals surface area contributed by atoms with Gasteiger partial charge in [-0.15, -0.1) is 0 Å². The molecule has 5 nitrogen and oxygen atoms in total. The molecular weight excluding hydrogens is 194 g/mol. The van der Waals surface area contributed by atoms with Gasteiger partial charge in [-0.3, -0.25) is 9.59 Å². The van der Waals surface area contributed by atoms with Crippen LogP contribution in [-0.4, -0.2) is 18.0 Å². The zero-order valence-electron chi connectivity index (χ0n) is 8.22. The van der Waals surface area contributed by atoms with Gasteiger partial charge in [0.25, 0.3) is 0 Å². The maximum absolute atomic E-state index is 10.8. The van der Waals surface area contributed by atoms with Crippen LogP contribution in [0.3, 0.4) is 0 Å². The van der Waals surface area contributed by atoms with E-state index in [1.807, 2.05) is 0 Å². The third-order valence-corrected chi connectivity index (χ3v) is 2.99. The highest BCUT2D eigenvalue weighted by atomic mass is 16.2. The molecule has 3 atom stereocenters.